The number of nitrogens with one attached hydrogen (secondary N) is 1. The summed E-state index contributed by atoms with van der Waals surface area (Å²) in [6, 6.07) is 0. The number of imidazole rings is 1. The van der Waals surface area contributed by atoms with Gasteiger partial charge in [-0.3, -0.25) is 0 Å². The second kappa shape index (κ2) is 6.08. The van der Waals surface area contributed by atoms with Crippen molar-refractivity contribution in [3.63, 3.8) is 0 Å². The molecule has 0 radical (unpaired) electrons. The molecule has 1 heterocycles. The molecule has 108 valence electrons. The summed E-state index contributed by atoms with van der Waals surface area (Å²) < 4.78 is 2.33. The van der Waals surface area contributed by atoms with Crippen molar-refractivity contribution < 1.29 is 0 Å². The Kier molecular flexibility index (Phi) is 4.67. The van der Waals surface area contributed by atoms with Gasteiger partial charge in [0.2, 0.25) is 0 Å². The molecule has 1 aromatic rings. The van der Waals surface area contributed by atoms with E-state index in [1.165, 1.54) is 25.1 Å². The van der Waals surface area contributed by atoms with Gasteiger partial charge in [0, 0.05) is 30.9 Å². The van der Waals surface area contributed by atoms with E-state index in [0.29, 0.717) is 0 Å². The van der Waals surface area contributed by atoms with Crippen LogP contribution in [0.2, 0.25) is 0 Å². The molecule has 0 bridgehead atoms. The van der Waals surface area contributed by atoms with Gasteiger partial charge in [-0.2, -0.15) is 0 Å². The van der Waals surface area contributed by atoms with Crippen LogP contribution < -0.4 is 5.32 Å². The van der Waals surface area contributed by atoms with Crippen LogP contribution in [-0.2, 0) is 13.0 Å². The minimum absolute atomic E-state index is 0.237. The van der Waals surface area contributed by atoms with Crippen LogP contribution in [0.3, 0.4) is 0 Å². The van der Waals surface area contributed by atoms with E-state index in [4.69, 9.17) is 0 Å². The lowest BCUT2D eigenvalue weighted by Gasteiger charge is -2.38. The van der Waals surface area contributed by atoms with E-state index in [1.807, 2.05) is 6.20 Å². The van der Waals surface area contributed by atoms with E-state index in [1.54, 1.807) is 0 Å². The zero-order valence-corrected chi connectivity index (χ0v) is 12.9. The maximum atomic E-state index is 4.54. The number of rotatable bonds is 6. The minimum Gasteiger partial charge on any atom is -0.335 e. The number of hydrogen-bond acceptors (Lipinski definition) is 2. The Bertz CT molecular complexity index is 389. The first-order valence-corrected chi connectivity index (χ1v) is 7.74. The maximum absolute atomic E-state index is 4.54. The summed E-state index contributed by atoms with van der Waals surface area (Å²) in [6.07, 6.45) is 9.16. The van der Waals surface area contributed by atoms with Crippen molar-refractivity contribution >= 4 is 0 Å². The normalized spacial score (nSPS) is 23.4. The molecule has 2 rings (SSSR count). The highest BCUT2D eigenvalue weighted by atomic mass is 15.1. The molecule has 3 heteroatoms. The highest BCUT2D eigenvalue weighted by molar-refractivity contribution is 4.98. The largest absolute Gasteiger partial charge is 0.335 e. The Balaban J connectivity index is 1.84. The van der Waals surface area contributed by atoms with Crippen LogP contribution in [0.15, 0.2) is 12.4 Å². The average Bonchev–Trinajstić information content (AvgIpc) is 2.71. The second-order valence-electron chi connectivity index (χ2n) is 6.97. The van der Waals surface area contributed by atoms with Crippen LogP contribution in [0.25, 0.3) is 0 Å². The van der Waals surface area contributed by atoms with Gasteiger partial charge in [-0.05, 0) is 58.4 Å². The van der Waals surface area contributed by atoms with Crippen LogP contribution >= 0.6 is 0 Å². The monoisotopic (exact) mass is 263 g/mol. The van der Waals surface area contributed by atoms with E-state index in [9.17, 15) is 0 Å². The lowest BCUT2D eigenvalue weighted by atomic mass is 9.71. The summed E-state index contributed by atoms with van der Waals surface area (Å²) in [5.41, 5.74) is 0.237. The second-order valence-corrected chi connectivity index (χ2v) is 6.97. The molecule has 0 saturated heterocycles. The van der Waals surface area contributed by atoms with Crippen LogP contribution in [0.1, 0.15) is 52.8 Å². The lowest BCUT2D eigenvalue weighted by Crippen LogP contribution is -2.44. The summed E-state index contributed by atoms with van der Waals surface area (Å²) in [4.78, 5) is 4.54. The highest BCUT2D eigenvalue weighted by Gasteiger charge is 2.32. The van der Waals surface area contributed by atoms with Crippen LogP contribution in [-0.4, -0.2) is 21.6 Å². The number of hydrogen-bond donors (Lipinski definition) is 1. The van der Waals surface area contributed by atoms with Crippen LogP contribution in [0.4, 0.5) is 0 Å². The quantitative estimate of drug-likeness (QED) is 0.854. The van der Waals surface area contributed by atoms with Crippen molar-refractivity contribution in [2.75, 3.05) is 6.54 Å². The third kappa shape index (κ3) is 4.07. The third-order valence-electron chi connectivity index (χ3n) is 4.18. The predicted octanol–water partition coefficient (Wildman–Crippen LogP) is 3.25. The van der Waals surface area contributed by atoms with E-state index in [2.05, 4.69) is 48.8 Å². The highest BCUT2D eigenvalue weighted by Crippen LogP contribution is 2.36. The van der Waals surface area contributed by atoms with Gasteiger partial charge in [-0.25, -0.2) is 4.98 Å². The van der Waals surface area contributed by atoms with Crippen molar-refractivity contribution in [3.05, 3.63) is 18.2 Å². The molecule has 0 amide bonds. The van der Waals surface area contributed by atoms with Crippen LogP contribution in [0, 0.1) is 11.8 Å². The number of nitrogens with zero attached hydrogens (tertiary/aromatic N) is 2. The lowest BCUT2D eigenvalue weighted by molar-refractivity contribution is 0.156. The van der Waals surface area contributed by atoms with E-state index >= 15 is 0 Å². The molecule has 1 aromatic heterocycles. The first-order chi connectivity index (χ1) is 8.99. The Labute approximate surface area is 117 Å². The Morgan fingerprint density at radius 2 is 2.05 bits per heavy atom. The summed E-state index contributed by atoms with van der Waals surface area (Å²) in [6.45, 7) is 11.2. The van der Waals surface area contributed by atoms with Crippen molar-refractivity contribution in [2.45, 2.75) is 65.5 Å². The van der Waals surface area contributed by atoms with Gasteiger partial charge in [0.15, 0.2) is 0 Å². The number of aryl methyl sites for hydroxylation is 1. The molecular weight excluding hydrogens is 234 g/mol. The summed E-state index contributed by atoms with van der Waals surface area (Å²) in [7, 11) is 0. The Hall–Kier alpha value is -0.830. The van der Waals surface area contributed by atoms with Gasteiger partial charge in [-0.15, -0.1) is 0 Å². The molecule has 1 aliphatic rings. The third-order valence-corrected chi connectivity index (χ3v) is 4.18. The summed E-state index contributed by atoms with van der Waals surface area (Å²) >= 11 is 0. The Morgan fingerprint density at radius 1 is 1.32 bits per heavy atom. The van der Waals surface area contributed by atoms with Gasteiger partial charge in [0.25, 0.3) is 0 Å². The molecule has 3 nitrogen and oxygen atoms in total. The molecule has 0 spiro atoms. The van der Waals surface area contributed by atoms with Gasteiger partial charge in [0.1, 0.15) is 5.82 Å². The SMILES string of the molecule is CCCn1ccnc1CC1CCC1CNC(C)(C)C. The van der Waals surface area contributed by atoms with Gasteiger partial charge in [-0.1, -0.05) is 6.92 Å². The summed E-state index contributed by atoms with van der Waals surface area (Å²) in [5.74, 6) is 2.95. The first-order valence-electron chi connectivity index (χ1n) is 7.74. The van der Waals surface area contributed by atoms with E-state index in [0.717, 1.165) is 31.3 Å². The molecular formula is C16H29N3. The zero-order valence-electron chi connectivity index (χ0n) is 12.9. The van der Waals surface area contributed by atoms with Crippen molar-refractivity contribution in [3.8, 4) is 0 Å². The molecule has 2 atom stereocenters. The Morgan fingerprint density at radius 3 is 2.63 bits per heavy atom. The molecule has 19 heavy (non-hydrogen) atoms. The number of aromatic nitrogens is 2. The molecule has 2 unspecified atom stereocenters. The van der Waals surface area contributed by atoms with Crippen molar-refractivity contribution in [2.24, 2.45) is 11.8 Å². The van der Waals surface area contributed by atoms with Crippen molar-refractivity contribution in [1.82, 2.24) is 14.9 Å². The molecule has 0 aromatic carbocycles. The standard InChI is InChI=1S/C16H29N3/c1-5-9-19-10-8-17-15(19)11-13-6-7-14(13)12-18-16(2,3)4/h8,10,13-14,18H,5-7,9,11-12H2,1-4H3. The summed E-state index contributed by atoms with van der Waals surface area (Å²) in [5, 5.41) is 3.65. The fourth-order valence-corrected chi connectivity index (χ4v) is 2.82. The fraction of sp³-hybridized carbons (Fsp3) is 0.812. The van der Waals surface area contributed by atoms with E-state index < -0.39 is 0 Å². The molecule has 1 aliphatic carbocycles. The first kappa shape index (κ1) is 14.6. The minimum atomic E-state index is 0.237. The van der Waals surface area contributed by atoms with Crippen LogP contribution in [0.5, 0.6) is 0 Å². The maximum Gasteiger partial charge on any atom is 0.108 e. The zero-order chi connectivity index (χ0) is 13.9. The molecule has 1 saturated carbocycles. The van der Waals surface area contributed by atoms with Gasteiger partial charge in [0.05, 0.1) is 0 Å². The van der Waals surface area contributed by atoms with Crippen molar-refractivity contribution in [1.29, 1.82) is 0 Å². The van der Waals surface area contributed by atoms with E-state index in [-0.39, 0.29) is 5.54 Å². The molecule has 1 N–H and O–H groups in total. The topological polar surface area (TPSA) is 29.9 Å². The molecule has 0 aliphatic heterocycles. The predicted molar refractivity (Wildman–Crippen MR) is 80.2 cm³/mol. The van der Waals surface area contributed by atoms with Gasteiger partial charge >= 0.3 is 0 Å². The van der Waals surface area contributed by atoms with Gasteiger partial charge < -0.3 is 9.88 Å². The average molecular weight is 263 g/mol. The smallest absolute Gasteiger partial charge is 0.108 e. The fourth-order valence-electron chi connectivity index (χ4n) is 2.82. The molecule has 1 fully saturated rings.